The van der Waals surface area contributed by atoms with Gasteiger partial charge in [-0.25, -0.2) is 0 Å². The topological polar surface area (TPSA) is 46.2 Å². The monoisotopic (exact) mass is 497 g/mol. The molecule has 4 aromatic carbocycles. The third kappa shape index (κ3) is 6.87. The molecule has 1 amide bonds. The second-order valence-electron chi connectivity index (χ2n) is 8.31. The van der Waals surface area contributed by atoms with Crippen molar-refractivity contribution in [1.82, 2.24) is 5.32 Å². The molecule has 0 heterocycles. The summed E-state index contributed by atoms with van der Waals surface area (Å²) < 4.78 is 0. The second kappa shape index (κ2) is 11.9. The van der Waals surface area contributed by atoms with Crippen LogP contribution in [-0.4, -0.2) is 17.1 Å². The first-order valence-corrected chi connectivity index (χ1v) is 13.1. The highest BCUT2D eigenvalue weighted by atomic mass is 32.2. The molecule has 0 saturated carbocycles. The van der Waals surface area contributed by atoms with Crippen LogP contribution in [0.5, 0.6) is 0 Å². The largest absolute Gasteiger partial charge is 0.340 e. The molecule has 0 bridgehead atoms. The lowest BCUT2D eigenvalue weighted by atomic mass is 10.1. The lowest BCUT2D eigenvalue weighted by Crippen LogP contribution is -2.43. The van der Waals surface area contributed by atoms with E-state index in [0.717, 1.165) is 20.9 Å². The van der Waals surface area contributed by atoms with Crippen molar-refractivity contribution in [2.45, 2.75) is 34.9 Å². The zero-order valence-corrected chi connectivity index (χ0v) is 21.3. The summed E-state index contributed by atoms with van der Waals surface area (Å²) in [6.07, 6.45) is 0. The van der Waals surface area contributed by atoms with Gasteiger partial charge in [-0.2, -0.15) is 0 Å². The summed E-state index contributed by atoms with van der Waals surface area (Å²) in [6, 6.07) is 34.3. The molecule has 3 nitrogen and oxygen atoms in total. The fourth-order valence-electron chi connectivity index (χ4n) is 3.59. The molecule has 1 N–H and O–H groups in total. The number of rotatable bonds is 8. The van der Waals surface area contributed by atoms with Crippen LogP contribution in [0.15, 0.2) is 119 Å². The van der Waals surface area contributed by atoms with Gasteiger partial charge in [-0.05, 0) is 67.6 Å². The summed E-state index contributed by atoms with van der Waals surface area (Å²) in [5.74, 6) is -0.265. The van der Waals surface area contributed by atoms with Crippen LogP contribution in [0.2, 0.25) is 0 Å². The van der Waals surface area contributed by atoms with Gasteiger partial charge in [-0.1, -0.05) is 83.9 Å². The summed E-state index contributed by atoms with van der Waals surface area (Å²) >= 11 is 2.75. The molecule has 35 heavy (non-hydrogen) atoms. The number of benzene rings is 4. The van der Waals surface area contributed by atoms with Gasteiger partial charge in [-0.3, -0.25) is 9.59 Å². The Morgan fingerprint density at radius 1 is 0.657 bits per heavy atom. The van der Waals surface area contributed by atoms with Gasteiger partial charge in [0.05, 0.1) is 5.25 Å². The molecule has 0 fully saturated rings. The highest BCUT2D eigenvalue weighted by molar-refractivity contribution is 8.14. The molecule has 4 aromatic rings. The van der Waals surface area contributed by atoms with E-state index in [2.05, 4.69) is 29.6 Å². The van der Waals surface area contributed by atoms with Crippen molar-refractivity contribution in [1.29, 1.82) is 0 Å². The van der Waals surface area contributed by atoms with Crippen LogP contribution in [0.3, 0.4) is 0 Å². The van der Waals surface area contributed by atoms with Crippen molar-refractivity contribution < 1.29 is 9.59 Å². The Morgan fingerprint density at radius 3 is 1.74 bits per heavy atom. The van der Waals surface area contributed by atoms with Crippen molar-refractivity contribution in [3.05, 3.63) is 131 Å². The third-order valence-corrected chi connectivity index (χ3v) is 7.84. The predicted molar refractivity (Wildman–Crippen MR) is 146 cm³/mol. The summed E-state index contributed by atoms with van der Waals surface area (Å²) in [4.78, 5) is 28.9. The first-order chi connectivity index (χ1) is 17.0. The van der Waals surface area contributed by atoms with E-state index in [9.17, 15) is 9.59 Å². The average Bonchev–Trinajstić information content (AvgIpc) is 2.89. The minimum Gasteiger partial charge on any atom is -0.340 e. The van der Waals surface area contributed by atoms with Crippen molar-refractivity contribution >= 4 is 34.5 Å². The number of amides is 1. The minimum atomic E-state index is -0.747. The van der Waals surface area contributed by atoms with E-state index >= 15 is 0 Å². The second-order valence-corrected chi connectivity index (χ2v) is 10.6. The summed E-state index contributed by atoms with van der Waals surface area (Å²) in [7, 11) is 0. The van der Waals surface area contributed by atoms with E-state index in [1.807, 2.05) is 86.6 Å². The molecular formula is C30H27NO2S2. The van der Waals surface area contributed by atoms with E-state index in [1.54, 1.807) is 23.9 Å². The number of hydrogen-bond donors (Lipinski definition) is 1. The van der Waals surface area contributed by atoms with Crippen LogP contribution in [0, 0.1) is 13.8 Å². The van der Waals surface area contributed by atoms with Crippen molar-refractivity contribution in [3.8, 4) is 0 Å². The van der Waals surface area contributed by atoms with Gasteiger partial charge in [0.15, 0.2) is 0 Å². The summed E-state index contributed by atoms with van der Waals surface area (Å²) in [5.41, 5.74) is 3.81. The van der Waals surface area contributed by atoms with Gasteiger partial charge in [0.1, 0.15) is 6.04 Å². The highest BCUT2D eigenvalue weighted by Gasteiger charge is 2.33. The molecule has 0 aliphatic carbocycles. The van der Waals surface area contributed by atoms with Gasteiger partial charge >= 0.3 is 0 Å². The number of hydrogen-bond acceptors (Lipinski definition) is 4. The molecule has 2 atom stereocenters. The van der Waals surface area contributed by atoms with Gasteiger partial charge in [0, 0.05) is 15.4 Å². The van der Waals surface area contributed by atoms with Gasteiger partial charge in [-0.15, -0.1) is 11.8 Å². The first-order valence-electron chi connectivity index (χ1n) is 11.4. The molecule has 5 heteroatoms. The Hall–Kier alpha value is -3.28. The molecule has 4 rings (SSSR count). The Morgan fingerprint density at radius 2 is 1.17 bits per heavy atom. The maximum atomic E-state index is 13.8. The highest BCUT2D eigenvalue weighted by Crippen LogP contribution is 2.40. The van der Waals surface area contributed by atoms with Gasteiger partial charge in [0.25, 0.3) is 5.91 Å². The van der Waals surface area contributed by atoms with E-state index in [4.69, 9.17) is 0 Å². The Balaban J connectivity index is 1.70. The molecule has 0 radical (unpaired) electrons. The molecule has 0 saturated heterocycles. The summed E-state index contributed by atoms with van der Waals surface area (Å²) in [6.45, 7) is 4.07. The van der Waals surface area contributed by atoms with Crippen LogP contribution >= 0.6 is 23.5 Å². The number of carbonyl (C=O) groups is 2. The smallest absolute Gasteiger partial charge is 0.251 e. The number of carbonyl (C=O) groups excluding carboxylic acids is 2. The zero-order valence-electron chi connectivity index (χ0n) is 19.7. The lowest BCUT2D eigenvalue weighted by molar-refractivity contribution is -0.112. The molecule has 0 aromatic heterocycles. The first kappa shape index (κ1) is 24.8. The van der Waals surface area contributed by atoms with Crippen LogP contribution < -0.4 is 5.32 Å². The summed E-state index contributed by atoms with van der Waals surface area (Å²) in [5, 5.41) is 2.65. The van der Waals surface area contributed by atoms with Gasteiger partial charge in [0.2, 0.25) is 5.12 Å². The van der Waals surface area contributed by atoms with Crippen LogP contribution in [0.1, 0.15) is 32.3 Å². The molecule has 0 spiro atoms. The number of thioether (sulfide) groups is 2. The third-order valence-electron chi connectivity index (χ3n) is 5.53. The fourth-order valence-corrected chi connectivity index (χ4v) is 5.71. The normalized spacial score (nSPS) is 12.5. The SMILES string of the molecule is Cc1ccc(SC(=O)[C@@H](NC(=O)c2ccccc2)[C@H](Sc2ccc(C)cc2)c2ccccc2)cc1. The van der Waals surface area contributed by atoms with Crippen LogP contribution in [0.25, 0.3) is 0 Å². The molecule has 0 aliphatic rings. The molecular weight excluding hydrogens is 470 g/mol. The Bertz CT molecular complexity index is 1260. The maximum absolute atomic E-state index is 13.8. The quantitative estimate of drug-likeness (QED) is 0.260. The standard InChI is InChI=1S/C30H27NO2S2/c1-21-13-17-25(18-14-21)34-28(23-9-5-3-6-10-23)27(31-29(32)24-11-7-4-8-12-24)30(33)35-26-19-15-22(2)16-20-26/h3-20,27-28H,1-2H3,(H,31,32)/t27-,28+/m0/s1. The molecule has 0 unspecified atom stereocenters. The van der Waals surface area contributed by atoms with Crippen molar-refractivity contribution in [2.75, 3.05) is 0 Å². The van der Waals surface area contributed by atoms with E-state index in [1.165, 1.54) is 17.3 Å². The van der Waals surface area contributed by atoms with Crippen molar-refractivity contribution in [2.24, 2.45) is 0 Å². The lowest BCUT2D eigenvalue weighted by Gasteiger charge is -2.27. The average molecular weight is 498 g/mol. The molecule has 0 aliphatic heterocycles. The predicted octanol–water partition coefficient (Wildman–Crippen LogP) is 7.25. The Kier molecular flexibility index (Phi) is 8.45. The maximum Gasteiger partial charge on any atom is 0.251 e. The molecule has 176 valence electrons. The fraction of sp³-hybridized carbons (Fsp3) is 0.133. The van der Waals surface area contributed by atoms with E-state index in [-0.39, 0.29) is 16.3 Å². The zero-order chi connectivity index (χ0) is 24.6. The van der Waals surface area contributed by atoms with Gasteiger partial charge < -0.3 is 5.32 Å². The van der Waals surface area contributed by atoms with Crippen molar-refractivity contribution in [3.63, 3.8) is 0 Å². The number of nitrogens with one attached hydrogen (secondary N) is 1. The van der Waals surface area contributed by atoms with Crippen LogP contribution in [0.4, 0.5) is 0 Å². The van der Waals surface area contributed by atoms with E-state index < -0.39 is 6.04 Å². The van der Waals surface area contributed by atoms with E-state index in [0.29, 0.717) is 5.56 Å². The minimum absolute atomic E-state index is 0.105. The Labute approximate surface area is 215 Å². The number of aryl methyl sites for hydroxylation is 2. The van der Waals surface area contributed by atoms with Crippen LogP contribution in [-0.2, 0) is 4.79 Å².